The average Bonchev–Trinajstić information content (AvgIpc) is 2.76. The third kappa shape index (κ3) is 3.74. The van der Waals surface area contributed by atoms with Gasteiger partial charge in [-0.3, -0.25) is 0 Å². The topological polar surface area (TPSA) is 23.4 Å². The van der Waals surface area contributed by atoms with E-state index < -0.39 is 0 Å². The lowest BCUT2D eigenvalue weighted by Crippen LogP contribution is -2.05. The van der Waals surface area contributed by atoms with E-state index in [0.29, 0.717) is 0 Å². The molecule has 0 aliphatic rings. The zero-order valence-electron chi connectivity index (χ0n) is 12.1. The predicted octanol–water partition coefficient (Wildman–Crippen LogP) is 3.86. The Kier molecular flexibility index (Phi) is 4.86. The highest BCUT2D eigenvalue weighted by atomic mass is 16.5. The van der Waals surface area contributed by atoms with Crippen LogP contribution in [0.25, 0.3) is 10.9 Å². The van der Waals surface area contributed by atoms with Gasteiger partial charge in [-0.1, -0.05) is 0 Å². The molecule has 0 aliphatic heterocycles. The molecule has 3 nitrogen and oxygen atoms in total. The smallest absolute Gasteiger partial charge is 0.120 e. The number of ether oxygens (including phenoxy) is 2. The number of hydrogen-bond acceptors (Lipinski definition) is 2. The van der Waals surface area contributed by atoms with E-state index in [1.807, 2.05) is 19.9 Å². The van der Waals surface area contributed by atoms with Crippen LogP contribution in [0.1, 0.15) is 26.7 Å². The number of hydrogen-bond donors (Lipinski definition) is 0. The molecule has 19 heavy (non-hydrogen) atoms. The Morgan fingerprint density at radius 3 is 2.74 bits per heavy atom. The van der Waals surface area contributed by atoms with Gasteiger partial charge in [-0.2, -0.15) is 0 Å². The van der Waals surface area contributed by atoms with Crippen LogP contribution in [0.4, 0.5) is 0 Å². The second-order valence-electron chi connectivity index (χ2n) is 5.10. The number of rotatable bonds is 7. The van der Waals surface area contributed by atoms with Gasteiger partial charge in [-0.15, -0.1) is 0 Å². The third-order valence-electron chi connectivity index (χ3n) is 3.11. The summed E-state index contributed by atoms with van der Waals surface area (Å²) in [6.07, 6.45) is 4.61. The highest BCUT2D eigenvalue weighted by Crippen LogP contribution is 2.23. The summed E-state index contributed by atoms with van der Waals surface area (Å²) in [6.45, 7) is 5.97. The Morgan fingerprint density at radius 1 is 1.16 bits per heavy atom. The zero-order chi connectivity index (χ0) is 13.7. The second kappa shape index (κ2) is 6.62. The number of nitrogens with zero attached hydrogens (tertiary/aromatic N) is 1. The van der Waals surface area contributed by atoms with Crippen LogP contribution < -0.4 is 4.74 Å². The average molecular weight is 261 g/mol. The maximum atomic E-state index is 5.72. The van der Waals surface area contributed by atoms with Crippen molar-refractivity contribution < 1.29 is 9.47 Å². The minimum atomic E-state index is 0.216. The van der Waals surface area contributed by atoms with Crippen molar-refractivity contribution in [2.24, 2.45) is 0 Å². The van der Waals surface area contributed by atoms with Crippen molar-refractivity contribution in [2.75, 3.05) is 13.7 Å². The molecule has 3 heteroatoms. The van der Waals surface area contributed by atoms with Crippen LogP contribution in [0.5, 0.6) is 5.75 Å². The van der Waals surface area contributed by atoms with E-state index >= 15 is 0 Å². The number of aryl methyl sites for hydroxylation is 1. The summed E-state index contributed by atoms with van der Waals surface area (Å²) in [4.78, 5) is 0. The summed E-state index contributed by atoms with van der Waals surface area (Å²) in [7, 11) is 1.75. The summed E-state index contributed by atoms with van der Waals surface area (Å²) in [5.74, 6) is 0.944. The minimum Gasteiger partial charge on any atom is -0.491 e. The molecule has 104 valence electrons. The number of benzene rings is 1. The molecule has 2 aromatic rings. The van der Waals surface area contributed by atoms with Gasteiger partial charge in [0, 0.05) is 37.4 Å². The molecule has 0 aliphatic carbocycles. The Morgan fingerprint density at radius 2 is 2.00 bits per heavy atom. The van der Waals surface area contributed by atoms with Gasteiger partial charge >= 0.3 is 0 Å². The Bertz CT molecular complexity index is 516. The molecule has 0 spiro atoms. The van der Waals surface area contributed by atoms with Crippen molar-refractivity contribution in [3.63, 3.8) is 0 Å². The summed E-state index contributed by atoms with van der Waals surface area (Å²) in [5.41, 5.74) is 1.27. The molecular weight excluding hydrogens is 238 g/mol. The van der Waals surface area contributed by atoms with Crippen LogP contribution in [0.3, 0.4) is 0 Å². The molecule has 0 saturated heterocycles. The number of fused-ring (bicyclic) bond motifs is 1. The summed E-state index contributed by atoms with van der Waals surface area (Å²) < 4.78 is 13.1. The van der Waals surface area contributed by atoms with Crippen LogP contribution in [-0.2, 0) is 11.3 Å². The molecule has 2 rings (SSSR count). The van der Waals surface area contributed by atoms with E-state index in [0.717, 1.165) is 31.7 Å². The maximum absolute atomic E-state index is 5.72. The van der Waals surface area contributed by atoms with Crippen molar-refractivity contribution in [1.82, 2.24) is 4.57 Å². The fourth-order valence-electron chi connectivity index (χ4n) is 2.25. The molecule has 0 radical (unpaired) electrons. The summed E-state index contributed by atoms with van der Waals surface area (Å²) >= 11 is 0. The van der Waals surface area contributed by atoms with Crippen LogP contribution in [0.15, 0.2) is 30.5 Å². The van der Waals surface area contributed by atoms with Crippen LogP contribution in [0, 0.1) is 0 Å². The van der Waals surface area contributed by atoms with Gasteiger partial charge in [-0.25, -0.2) is 0 Å². The first-order chi connectivity index (χ1) is 9.20. The first-order valence-electron chi connectivity index (χ1n) is 6.95. The van der Waals surface area contributed by atoms with E-state index in [1.165, 1.54) is 10.9 Å². The lowest BCUT2D eigenvalue weighted by Gasteiger charge is -2.10. The highest BCUT2D eigenvalue weighted by Gasteiger charge is 2.04. The van der Waals surface area contributed by atoms with Crippen LogP contribution in [-0.4, -0.2) is 24.4 Å². The maximum Gasteiger partial charge on any atom is 0.120 e. The quantitative estimate of drug-likeness (QED) is 0.707. The van der Waals surface area contributed by atoms with Crippen molar-refractivity contribution in [3.05, 3.63) is 30.5 Å². The SMILES string of the molecule is COCCCCn1ccc2cc(OC(C)C)ccc21. The molecule has 1 aromatic carbocycles. The second-order valence-corrected chi connectivity index (χ2v) is 5.10. The fourth-order valence-corrected chi connectivity index (χ4v) is 2.25. The molecule has 0 atom stereocenters. The van der Waals surface area contributed by atoms with Gasteiger partial charge in [0.1, 0.15) is 5.75 Å². The molecule has 0 amide bonds. The molecule has 0 N–H and O–H groups in total. The molecule has 0 fully saturated rings. The molecule has 1 aromatic heterocycles. The van der Waals surface area contributed by atoms with Crippen molar-refractivity contribution in [1.29, 1.82) is 0 Å². The van der Waals surface area contributed by atoms with Crippen LogP contribution >= 0.6 is 0 Å². The Balaban J connectivity index is 2.06. The Labute approximate surface area is 115 Å². The minimum absolute atomic E-state index is 0.216. The number of methoxy groups -OCH3 is 1. The standard InChI is InChI=1S/C16H23NO2/c1-13(2)19-15-6-7-16-14(12-15)8-10-17(16)9-4-5-11-18-3/h6-8,10,12-13H,4-5,9,11H2,1-3H3. The predicted molar refractivity (Wildman–Crippen MR) is 78.8 cm³/mol. The van der Waals surface area contributed by atoms with E-state index in [1.54, 1.807) is 7.11 Å². The monoisotopic (exact) mass is 261 g/mol. The largest absolute Gasteiger partial charge is 0.491 e. The lowest BCUT2D eigenvalue weighted by atomic mass is 10.2. The lowest BCUT2D eigenvalue weighted by molar-refractivity contribution is 0.191. The van der Waals surface area contributed by atoms with Crippen molar-refractivity contribution in [3.8, 4) is 5.75 Å². The third-order valence-corrected chi connectivity index (χ3v) is 3.11. The molecule has 1 heterocycles. The van der Waals surface area contributed by atoms with Gasteiger partial charge in [0.05, 0.1) is 6.10 Å². The highest BCUT2D eigenvalue weighted by molar-refractivity contribution is 5.81. The fraction of sp³-hybridized carbons (Fsp3) is 0.500. The van der Waals surface area contributed by atoms with E-state index in [9.17, 15) is 0 Å². The van der Waals surface area contributed by atoms with E-state index in [2.05, 4.69) is 29.0 Å². The normalized spacial score (nSPS) is 11.4. The van der Waals surface area contributed by atoms with E-state index in [-0.39, 0.29) is 6.10 Å². The molecular formula is C16H23NO2. The van der Waals surface area contributed by atoms with Crippen molar-refractivity contribution in [2.45, 2.75) is 39.3 Å². The van der Waals surface area contributed by atoms with Gasteiger partial charge < -0.3 is 14.0 Å². The van der Waals surface area contributed by atoms with E-state index in [4.69, 9.17) is 9.47 Å². The summed E-state index contributed by atoms with van der Waals surface area (Å²) in [5, 5.41) is 1.24. The van der Waals surface area contributed by atoms with Gasteiger partial charge in [0.25, 0.3) is 0 Å². The Hall–Kier alpha value is -1.48. The first kappa shape index (κ1) is 13.9. The first-order valence-corrected chi connectivity index (χ1v) is 6.95. The van der Waals surface area contributed by atoms with Crippen molar-refractivity contribution >= 4 is 10.9 Å². The molecule has 0 unspecified atom stereocenters. The van der Waals surface area contributed by atoms with Gasteiger partial charge in [-0.05, 0) is 51.0 Å². The molecule has 0 bridgehead atoms. The number of unbranched alkanes of at least 4 members (excludes halogenated alkanes) is 1. The molecule has 0 saturated carbocycles. The van der Waals surface area contributed by atoms with Crippen LogP contribution in [0.2, 0.25) is 0 Å². The summed E-state index contributed by atoms with van der Waals surface area (Å²) in [6, 6.07) is 8.46. The van der Waals surface area contributed by atoms with Gasteiger partial charge in [0.15, 0.2) is 0 Å². The van der Waals surface area contributed by atoms with Gasteiger partial charge in [0.2, 0.25) is 0 Å². The zero-order valence-corrected chi connectivity index (χ0v) is 12.1. The number of aromatic nitrogens is 1.